The maximum absolute atomic E-state index is 13.3. The summed E-state index contributed by atoms with van der Waals surface area (Å²) in [6.45, 7) is 5.61. The average molecular weight is 478 g/mol. The summed E-state index contributed by atoms with van der Waals surface area (Å²) in [7, 11) is 1.58. The smallest absolute Gasteiger partial charge is 0.259 e. The normalized spacial score (nSPS) is 21.3. The van der Waals surface area contributed by atoms with Crippen molar-refractivity contribution in [1.29, 1.82) is 0 Å². The second-order valence-electron chi connectivity index (χ2n) is 10.7. The lowest BCUT2D eigenvalue weighted by Gasteiger charge is -2.45. The lowest BCUT2D eigenvalue weighted by atomic mass is 9.73. The molecule has 1 aliphatic carbocycles. The van der Waals surface area contributed by atoms with Gasteiger partial charge in [0.05, 0.1) is 7.11 Å². The molecule has 0 unspecified atom stereocenters. The van der Waals surface area contributed by atoms with Crippen LogP contribution in [0.1, 0.15) is 60.9 Å². The summed E-state index contributed by atoms with van der Waals surface area (Å²) in [5.41, 5.74) is 2.17. The van der Waals surface area contributed by atoms with E-state index in [4.69, 9.17) is 9.47 Å². The zero-order valence-corrected chi connectivity index (χ0v) is 21.1. The van der Waals surface area contributed by atoms with E-state index in [1.165, 1.54) is 44.2 Å². The Morgan fingerprint density at radius 2 is 1.91 bits per heavy atom. The van der Waals surface area contributed by atoms with Gasteiger partial charge >= 0.3 is 0 Å². The van der Waals surface area contributed by atoms with Crippen molar-refractivity contribution >= 4 is 5.91 Å². The molecule has 1 saturated carbocycles. The van der Waals surface area contributed by atoms with E-state index < -0.39 is 0 Å². The number of hydrogen-bond donors (Lipinski definition) is 0. The number of nitrogens with zero attached hydrogens (tertiary/aromatic N) is 3. The van der Waals surface area contributed by atoms with E-state index >= 15 is 0 Å². The van der Waals surface area contributed by atoms with Crippen molar-refractivity contribution in [1.82, 2.24) is 14.8 Å². The first-order valence-electron chi connectivity index (χ1n) is 13.4. The molecule has 0 atom stereocenters. The fourth-order valence-corrected chi connectivity index (χ4v) is 5.88. The molecule has 6 heteroatoms. The van der Waals surface area contributed by atoms with Crippen LogP contribution >= 0.6 is 0 Å². The molecule has 1 spiro atoms. The Morgan fingerprint density at radius 3 is 2.71 bits per heavy atom. The number of likely N-dealkylation sites (tertiary alicyclic amines) is 1. The van der Waals surface area contributed by atoms with Crippen molar-refractivity contribution in [2.45, 2.75) is 51.4 Å². The van der Waals surface area contributed by atoms with Crippen LogP contribution in [0.2, 0.25) is 0 Å². The number of pyridine rings is 1. The molecule has 2 aromatic rings. The molecule has 0 radical (unpaired) electrons. The highest BCUT2D eigenvalue weighted by molar-refractivity contribution is 5.96. The van der Waals surface area contributed by atoms with Gasteiger partial charge in [-0.2, -0.15) is 0 Å². The number of ether oxygens (including phenoxy) is 2. The van der Waals surface area contributed by atoms with Crippen LogP contribution < -0.4 is 9.47 Å². The van der Waals surface area contributed by atoms with E-state index in [1.807, 2.05) is 17.0 Å². The number of aromatic nitrogens is 1. The van der Waals surface area contributed by atoms with Crippen LogP contribution in [-0.4, -0.2) is 67.1 Å². The Hall–Kier alpha value is -2.60. The van der Waals surface area contributed by atoms with Crippen molar-refractivity contribution in [2.75, 3.05) is 46.4 Å². The van der Waals surface area contributed by atoms with Crippen LogP contribution in [0.25, 0.3) is 0 Å². The summed E-state index contributed by atoms with van der Waals surface area (Å²) < 4.78 is 11.6. The minimum Gasteiger partial charge on any atom is -0.492 e. The van der Waals surface area contributed by atoms with Gasteiger partial charge in [-0.3, -0.25) is 9.69 Å². The molecule has 3 heterocycles. The second kappa shape index (κ2) is 11.0. The van der Waals surface area contributed by atoms with Gasteiger partial charge in [0.15, 0.2) is 0 Å². The fourth-order valence-electron chi connectivity index (χ4n) is 5.88. The van der Waals surface area contributed by atoms with Gasteiger partial charge in [-0.15, -0.1) is 0 Å². The maximum Gasteiger partial charge on any atom is 0.259 e. The average Bonchev–Trinajstić information content (AvgIpc) is 3.71. The van der Waals surface area contributed by atoms with E-state index in [0.717, 1.165) is 63.7 Å². The number of para-hydroxylation sites is 1. The van der Waals surface area contributed by atoms with E-state index in [-0.39, 0.29) is 11.3 Å². The van der Waals surface area contributed by atoms with E-state index in [0.29, 0.717) is 11.4 Å². The minimum atomic E-state index is 0.0396. The number of carbonyl (C=O) groups is 1. The Labute approximate surface area is 209 Å². The Morgan fingerprint density at radius 1 is 1.09 bits per heavy atom. The highest BCUT2D eigenvalue weighted by atomic mass is 16.5. The number of aryl methyl sites for hydroxylation is 1. The number of rotatable bonds is 4. The lowest BCUT2D eigenvalue weighted by molar-refractivity contribution is 0.0366. The Kier molecular flexibility index (Phi) is 7.57. The number of carbonyl (C=O) groups excluding carboxylic acids is 1. The van der Waals surface area contributed by atoms with Crippen molar-refractivity contribution < 1.29 is 14.3 Å². The first-order chi connectivity index (χ1) is 17.2. The zero-order chi connectivity index (χ0) is 24.1. The van der Waals surface area contributed by atoms with Crippen LogP contribution in [0.3, 0.4) is 0 Å². The third kappa shape index (κ3) is 5.97. The Bertz CT molecular complexity index is 998. The first-order valence-corrected chi connectivity index (χ1v) is 13.4. The van der Waals surface area contributed by atoms with Gasteiger partial charge in [-0.1, -0.05) is 24.6 Å². The number of amides is 1. The van der Waals surface area contributed by atoms with Gasteiger partial charge in [0.25, 0.3) is 5.91 Å². The summed E-state index contributed by atoms with van der Waals surface area (Å²) >= 11 is 0. The molecule has 5 rings (SSSR count). The van der Waals surface area contributed by atoms with Gasteiger partial charge in [0.2, 0.25) is 5.88 Å². The summed E-state index contributed by atoms with van der Waals surface area (Å²) in [5, 5.41) is 0. The largest absolute Gasteiger partial charge is 0.492 e. The van der Waals surface area contributed by atoms with Crippen LogP contribution in [0.15, 0.2) is 42.6 Å². The number of piperidine rings is 1. The van der Waals surface area contributed by atoms with Crippen LogP contribution in [0.4, 0.5) is 0 Å². The molecule has 1 aromatic carbocycles. The Balaban J connectivity index is 1.29. The van der Waals surface area contributed by atoms with Crippen LogP contribution in [0.5, 0.6) is 11.6 Å². The lowest BCUT2D eigenvalue weighted by Crippen LogP contribution is -2.49. The van der Waals surface area contributed by atoms with Gasteiger partial charge in [-0.25, -0.2) is 4.98 Å². The van der Waals surface area contributed by atoms with Gasteiger partial charge in [0.1, 0.15) is 17.9 Å². The van der Waals surface area contributed by atoms with Crippen molar-refractivity contribution in [2.24, 2.45) is 11.3 Å². The SMILES string of the molecule is COc1ncccc1C(=O)N1CCC2(CCCCc3ccccc3OCCN(CC3CC3)C2)CC1. The van der Waals surface area contributed by atoms with Crippen molar-refractivity contribution in [3.05, 3.63) is 53.7 Å². The highest BCUT2D eigenvalue weighted by Crippen LogP contribution is 2.40. The molecule has 2 aliphatic heterocycles. The molecular weight excluding hydrogens is 438 g/mol. The third-order valence-corrected chi connectivity index (χ3v) is 8.12. The number of hydrogen-bond acceptors (Lipinski definition) is 5. The molecule has 1 saturated heterocycles. The van der Waals surface area contributed by atoms with E-state index in [1.54, 1.807) is 13.3 Å². The topological polar surface area (TPSA) is 54.9 Å². The number of fused-ring (bicyclic) bond motifs is 1. The van der Waals surface area contributed by atoms with Crippen LogP contribution in [-0.2, 0) is 6.42 Å². The summed E-state index contributed by atoms with van der Waals surface area (Å²) in [5.74, 6) is 2.37. The van der Waals surface area contributed by atoms with Crippen LogP contribution in [0, 0.1) is 11.3 Å². The molecule has 1 amide bonds. The predicted molar refractivity (Wildman–Crippen MR) is 137 cm³/mol. The van der Waals surface area contributed by atoms with Crippen molar-refractivity contribution in [3.63, 3.8) is 0 Å². The number of methoxy groups -OCH3 is 1. The summed E-state index contributed by atoms with van der Waals surface area (Å²) in [6.07, 6.45) is 11.2. The highest BCUT2D eigenvalue weighted by Gasteiger charge is 2.38. The molecule has 0 N–H and O–H groups in total. The molecule has 35 heavy (non-hydrogen) atoms. The molecule has 6 nitrogen and oxygen atoms in total. The second-order valence-corrected chi connectivity index (χ2v) is 10.7. The predicted octanol–water partition coefficient (Wildman–Crippen LogP) is 4.83. The molecule has 3 aliphatic rings. The van der Waals surface area contributed by atoms with Gasteiger partial charge < -0.3 is 14.4 Å². The zero-order valence-electron chi connectivity index (χ0n) is 21.1. The maximum atomic E-state index is 13.3. The monoisotopic (exact) mass is 477 g/mol. The molecular formula is C29H39N3O3. The van der Waals surface area contributed by atoms with E-state index in [9.17, 15) is 4.79 Å². The molecule has 2 fully saturated rings. The first kappa shape index (κ1) is 24.1. The fraction of sp³-hybridized carbons (Fsp3) is 0.586. The molecule has 188 valence electrons. The van der Waals surface area contributed by atoms with Gasteiger partial charge in [-0.05, 0) is 80.0 Å². The summed E-state index contributed by atoms with van der Waals surface area (Å²) in [6, 6.07) is 12.2. The van der Waals surface area contributed by atoms with E-state index in [2.05, 4.69) is 34.1 Å². The standard InChI is InChI=1S/C29H39N3O3/c1-34-27-25(9-6-16-30-27)28(33)32-17-14-29(15-18-32)13-5-4-8-24-7-2-3-10-26(24)35-20-19-31(22-29)21-23-11-12-23/h2-3,6-7,9-10,16,23H,4-5,8,11-15,17-22H2,1H3. The molecule has 0 bridgehead atoms. The third-order valence-electron chi connectivity index (χ3n) is 8.12. The number of benzene rings is 1. The molecule has 1 aromatic heterocycles. The van der Waals surface area contributed by atoms with Crippen molar-refractivity contribution in [3.8, 4) is 11.6 Å². The summed E-state index contributed by atoms with van der Waals surface area (Å²) in [4.78, 5) is 22.2. The van der Waals surface area contributed by atoms with Gasteiger partial charge in [0, 0.05) is 38.9 Å². The quantitative estimate of drug-likeness (QED) is 0.631. The minimum absolute atomic E-state index is 0.0396.